The van der Waals surface area contributed by atoms with Crippen LogP contribution in [0.25, 0.3) is 0 Å². The number of rotatable bonds is 10. The maximum Gasteiger partial charge on any atom is 0.286 e. The monoisotopic (exact) mass is 411 g/mol. The molecule has 2 aromatic rings. The minimum Gasteiger partial charge on any atom is -0.455 e. The number of amides is 1. The van der Waals surface area contributed by atoms with E-state index >= 15 is 0 Å². The Labute approximate surface area is 181 Å². The Morgan fingerprint density at radius 2 is 1.97 bits per heavy atom. The molecule has 5 nitrogen and oxygen atoms in total. The van der Waals surface area contributed by atoms with Crippen LogP contribution in [0.3, 0.4) is 0 Å². The molecule has 2 heterocycles. The van der Waals surface area contributed by atoms with Crippen molar-refractivity contribution in [2.45, 2.75) is 71.6 Å². The molecule has 1 atom stereocenters. The third-order valence-electron chi connectivity index (χ3n) is 6.05. The number of hydrogen-bond acceptors (Lipinski definition) is 4. The van der Waals surface area contributed by atoms with Gasteiger partial charge in [-0.25, -0.2) is 0 Å². The molecule has 0 saturated carbocycles. The highest BCUT2D eigenvalue weighted by molar-refractivity contribution is 5.91. The molecule has 1 N–H and O–H groups in total. The van der Waals surface area contributed by atoms with Crippen molar-refractivity contribution in [2.75, 3.05) is 19.6 Å². The maximum atomic E-state index is 12.5. The molecule has 0 aliphatic carbocycles. The van der Waals surface area contributed by atoms with Gasteiger partial charge in [0.1, 0.15) is 5.76 Å². The van der Waals surface area contributed by atoms with Crippen LogP contribution >= 0.6 is 0 Å². The summed E-state index contributed by atoms with van der Waals surface area (Å²) in [4.78, 5) is 17.3. The number of benzene rings is 1. The molecule has 1 aromatic carbocycles. The molecule has 0 spiro atoms. The highest BCUT2D eigenvalue weighted by Gasteiger charge is 2.18. The first-order chi connectivity index (χ1) is 14.5. The minimum absolute atomic E-state index is 0.118. The topological polar surface area (TPSA) is 48.7 Å². The Hall–Kier alpha value is -2.11. The third-order valence-corrected chi connectivity index (χ3v) is 6.05. The van der Waals surface area contributed by atoms with E-state index in [1.54, 1.807) is 6.07 Å². The van der Waals surface area contributed by atoms with Crippen LogP contribution in [0.4, 0.5) is 0 Å². The number of likely N-dealkylation sites (tertiary alicyclic amines) is 1. The van der Waals surface area contributed by atoms with Crippen LogP contribution in [-0.2, 0) is 13.1 Å². The number of piperidine rings is 1. The molecular weight excluding hydrogens is 374 g/mol. The van der Waals surface area contributed by atoms with Crippen molar-refractivity contribution in [3.05, 3.63) is 59.5 Å². The van der Waals surface area contributed by atoms with Gasteiger partial charge in [-0.3, -0.25) is 9.69 Å². The lowest BCUT2D eigenvalue weighted by Crippen LogP contribution is -2.39. The first kappa shape index (κ1) is 22.6. The SMILES string of the molecule is CC(C)N(Cc1ccccc1)Cc1ccc(C(=O)NCCCN2CCCC[C@H]2C)o1. The van der Waals surface area contributed by atoms with Gasteiger partial charge in [-0.1, -0.05) is 36.8 Å². The second-order valence-electron chi connectivity index (χ2n) is 8.74. The van der Waals surface area contributed by atoms with Crippen molar-refractivity contribution >= 4 is 5.91 Å². The van der Waals surface area contributed by atoms with Crippen LogP contribution in [0.15, 0.2) is 46.9 Å². The fourth-order valence-corrected chi connectivity index (χ4v) is 4.09. The van der Waals surface area contributed by atoms with E-state index in [9.17, 15) is 4.79 Å². The zero-order valence-electron chi connectivity index (χ0n) is 18.8. The van der Waals surface area contributed by atoms with E-state index in [0.717, 1.165) is 25.3 Å². The van der Waals surface area contributed by atoms with E-state index in [1.165, 1.54) is 31.4 Å². The van der Waals surface area contributed by atoms with Crippen LogP contribution < -0.4 is 5.32 Å². The molecule has 0 bridgehead atoms. The van der Waals surface area contributed by atoms with E-state index in [2.05, 4.69) is 60.2 Å². The van der Waals surface area contributed by atoms with Crippen molar-refractivity contribution in [1.29, 1.82) is 0 Å². The second kappa shape index (κ2) is 11.3. The van der Waals surface area contributed by atoms with Gasteiger partial charge in [0.2, 0.25) is 0 Å². The minimum atomic E-state index is -0.118. The van der Waals surface area contributed by atoms with Crippen LogP contribution in [0, 0.1) is 0 Å². The van der Waals surface area contributed by atoms with Crippen LogP contribution in [0.1, 0.15) is 68.3 Å². The van der Waals surface area contributed by atoms with E-state index in [-0.39, 0.29) is 5.91 Å². The predicted molar refractivity (Wildman–Crippen MR) is 121 cm³/mol. The normalized spacial score (nSPS) is 17.6. The molecule has 0 unspecified atom stereocenters. The van der Waals surface area contributed by atoms with Crippen LogP contribution in [-0.4, -0.2) is 47.4 Å². The average Bonchev–Trinajstić information content (AvgIpc) is 3.21. The summed E-state index contributed by atoms with van der Waals surface area (Å²) in [6, 6.07) is 15.2. The quantitative estimate of drug-likeness (QED) is 0.577. The summed E-state index contributed by atoms with van der Waals surface area (Å²) in [5.41, 5.74) is 1.28. The molecule has 1 aliphatic heterocycles. The van der Waals surface area contributed by atoms with E-state index in [1.807, 2.05) is 12.1 Å². The summed E-state index contributed by atoms with van der Waals surface area (Å²) in [6.07, 6.45) is 4.90. The standard InChI is InChI=1S/C25H37N3O2/c1-20(2)28(18-22-11-5-4-6-12-22)19-23-13-14-24(30-23)25(29)26-15-9-17-27-16-8-7-10-21(27)3/h4-6,11-14,20-21H,7-10,15-19H2,1-3H3,(H,26,29)/t21-/m1/s1. The van der Waals surface area contributed by atoms with Gasteiger partial charge in [0.15, 0.2) is 5.76 Å². The number of furan rings is 1. The van der Waals surface area contributed by atoms with E-state index < -0.39 is 0 Å². The second-order valence-corrected chi connectivity index (χ2v) is 8.74. The predicted octanol–water partition coefficient (Wildman–Crippen LogP) is 4.68. The summed E-state index contributed by atoms with van der Waals surface area (Å²) in [5, 5.41) is 3.01. The van der Waals surface area contributed by atoms with Gasteiger partial charge in [-0.05, 0) is 64.3 Å². The molecule has 1 fully saturated rings. The lowest BCUT2D eigenvalue weighted by Gasteiger charge is -2.33. The Balaban J connectivity index is 1.45. The number of nitrogens with one attached hydrogen (secondary N) is 1. The van der Waals surface area contributed by atoms with Crippen molar-refractivity contribution < 1.29 is 9.21 Å². The lowest BCUT2D eigenvalue weighted by molar-refractivity contribution is 0.0916. The van der Waals surface area contributed by atoms with Gasteiger partial charge < -0.3 is 14.6 Å². The first-order valence-corrected chi connectivity index (χ1v) is 11.4. The fraction of sp³-hybridized carbons (Fsp3) is 0.560. The Kier molecular flexibility index (Phi) is 8.52. The molecule has 30 heavy (non-hydrogen) atoms. The smallest absolute Gasteiger partial charge is 0.286 e. The molecular formula is C25H37N3O2. The molecule has 1 aliphatic rings. The van der Waals surface area contributed by atoms with Gasteiger partial charge in [0.05, 0.1) is 6.54 Å². The molecule has 3 rings (SSSR count). The lowest BCUT2D eigenvalue weighted by atomic mass is 10.0. The number of carbonyl (C=O) groups excluding carboxylic acids is 1. The van der Waals surface area contributed by atoms with Gasteiger partial charge in [-0.2, -0.15) is 0 Å². The molecule has 1 saturated heterocycles. The van der Waals surface area contributed by atoms with Crippen molar-refractivity contribution in [3.63, 3.8) is 0 Å². The summed E-state index contributed by atoms with van der Waals surface area (Å²) >= 11 is 0. The van der Waals surface area contributed by atoms with Crippen molar-refractivity contribution in [1.82, 2.24) is 15.1 Å². The summed E-state index contributed by atoms with van der Waals surface area (Å²) in [5.74, 6) is 1.11. The van der Waals surface area contributed by atoms with Crippen molar-refractivity contribution in [3.8, 4) is 0 Å². The van der Waals surface area contributed by atoms with E-state index in [0.29, 0.717) is 30.9 Å². The average molecular weight is 412 g/mol. The highest BCUT2D eigenvalue weighted by atomic mass is 16.4. The van der Waals surface area contributed by atoms with Crippen LogP contribution in [0.5, 0.6) is 0 Å². The number of carbonyl (C=O) groups is 1. The Morgan fingerprint density at radius 1 is 1.17 bits per heavy atom. The molecule has 1 amide bonds. The molecule has 1 aromatic heterocycles. The zero-order chi connectivity index (χ0) is 21.3. The van der Waals surface area contributed by atoms with Gasteiger partial charge in [0, 0.05) is 31.7 Å². The molecule has 164 valence electrons. The van der Waals surface area contributed by atoms with Gasteiger partial charge in [0.25, 0.3) is 5.91 Å². The fourth-order valence-electron chi connectivity index (χ4n) is 4.09. The summed E-state index contributed by atoms with van der Waals surface area (Å²) in [6.45, 7) is 11.1. The highest BCUT2D eigenvalue weighted by Crippen LogP contribution is 2.17. The maximum absolute atomic E-state index is 12.5. The summed E-state index contributed by atoms with van der Waals surface area (Å²) in [7, 11) is 0. The van der Waals surface area contributed by atoms with Gasteiger partial charge >= 0.3 is 0 Å². The largest absolute Gasteiger partial charge is 0.455 e. The summed E-state index contributed by atoms with van der Waals surface area (Å²) < 4.78 is 5.86. The van der Waals surface area contributed by atoms with Crippen LogP contribution in [0.2, 0.25) is 0 Å². The molecule has 5 heteroatoms. The van der Waals surface area contributed by atoms with Gasteiger partial charge in [-0.15, -0.1) is 0 Å². The Bertz CT molecular complexity index is 772. The number of nitrogens with zero attached hydrogens (tertiary/aromatic N) is 2. The third kappa shape index (κ3) is 6.71. The Morgan fingerprint density at radius 3 is 2.70 bits per heavy atom. The van der Waals surface area contributed by atoms with E-state index in [4.69, 9.17) is 4.42 Å². The number of hydrogen-bond donors (Lipinski definition) is 1. The molecule has 0 radical (unpaired) electrons. The zero-order valence-corrected chi connectivity index (χ0v) is 18.8. The van der Waals surface area contributed by atoms with Crippen molar-refractivity contribution in [2.24, 2.45) is 0 Å². The first-order valence-electron chi connectivity index (χ1n) is 11.4.